The van der Waals surface area contributed by atoms with Gasteiger partial charge in [0, 0.05) is 37.6 Å². The number of hydrogen-bond donors (Lipinski definition) is 1. The van der Waals surface area contributed by atoms with Gasteiger partial charge in [0.1, 0.15) is 0 Å². The molecule has 0 aromatic carbocycles. The standard InChI is InChI=1S/C13H22N4/c1-14-9-12-10-15-13(16-11-12)17-7-5-3-2-4-6-8-17/h10-11,14H,2-9H2,1H3. The monoisotopic (exact) mass is 234 g/mol. The van der Waals surface area contributed by atoms with E-state index in [0.29, 0.717) is 0 Å². The number of nitrogens with one attached hydrogen (secondary N) is 1. The molecule has 1 aromatic rings. The summed E-state index contributed by atoms with van der Waals surface area (Å²) < 4.78 is 0. The maximum Gasteiger partial charge on any atom is 0.225 e. The molecular weight excluding hydrogens is 212 g/mol. The van der Waals surface area contributed by atoms with Crippen molar-refractivity contribution in [2.24, 2.45) is 0 Å². The molecule has 1 aliphatic heterocycles. The zero-order valence-corrected chi connectivity index (χ0v) is 10.7. The van der Waals surface area contributed by atoms with Crippen molar-refractivity contribution in [2.75, 3.05) is 25.0 Å². The van der Waals surface area contributed by atoms with E-state index in [1.807, 2.05) is 19.4 Å². The Hall–Kier alpha value is -1.16. The van der Waals surface area contributed by atoms with Crippen molar-refractivity contribution in [3.8, 4) is 0 Å². The molecular formula is C13H22N4. The van der Waals surface area contributed by atoms with E-state index in [1.165, 1.54) is 32.1 Å². The third-order valence-corrected chi connectivity index (χ3v) is 3.21. The largest absolute Gasteiger partial charge is 0.341 e. The molecule has 1 aliphatic rings. The quantitative estimate of drug-likeness (QED) is 0.868. The van der Waals surface area contributed by atoms with Gasteiger partial charge in [-0.1, -0.05) is 19.3 Å². The van der Waals surface area contributed by atoms with Crippen molar-refractivity contribution in [1.29, 1.82) is 0 Å². The first-order valence-electron chi connectivity index (χ1n) is 6.60. The van der Waals surface area contributed by atoms with E-state index in [1.54, 1.807) is 0 Å². The van der Waals surface area contributed by atoms with Crippen molar-refractivity contribution in [1.82, 2.24) is 15.3 Å². The lowest BCUT2D eigenvalue weighted by Gasteiger charge is -2.24. The summed E-state index contributed by atoms with van der Waals surface area (Å²) in [5, 5.41) is 3.11. The van der Waals surface area contributed by atoms with Crippen LogP contribution in [0.5, 0.6) is 0 Å². The van der Waals surface area contributed by atoms with Gasteiger partial charge >= 0.3 is 0 Å². The van der Waals surface area contributed by atoms with Crippen LogP contribution in [0.4, 0.5) is 5.95 Å². The average molecular weight is 234 g/mol. The SMILES string of the molecule is CNCc1cnc(N2CCCCCCC2)nc1. The molecule has 4 nitrogen and oxygen atoms in total. The van der Waals surface area contributed by atoms with Gasteiger partial charge in [-0.2, -0.15) is 0 Å². The summed E-state index contributed by atoms with van der Waals surface area (Å²) in [6, 6.07) is 0. The summed E-state index contributed by atoms with van der Waals surface area (Å²) in [5.74, 6) is 0.895. The highest BCUT2D eigenvalue weighted by molar-refractivity contribution is 5.29. The second kappa shape index (κ2) is 6.55. The third-order valence-electron chi connectivity index (χ3n) is 3.21. The molecule has 0 unspecified atom stereocenters. The van der Waals surface area contributed by atoms with Gasteiger partial charge in [-0.25, -0.2) is 9.97 Å². The number of anilines is 1. The summed E-state index contributed by atoms with van der Waals surface area (Å²) >= 11 is 0. The molecule has 0 aliphatic carbocycles. The van der Waals surface area contributed by atoms with Crippen LogP contribution in [0.3, 0.4) is 0 Å². The van der Waals surface area contributed by atoms with Crippen LogP contribution < -0.4 is 10.2 Å². The molecule has 2 rings (SSSR count). The Morgan fingerprint density at radius 2 is 1.65 bits per heavy atom. The van der Waals surface area contributed by atoms with Crippen LogP contribution >= 0.6 is 0 Å². The highest BCUT2D eigenvalue weighted by Gasteiger charge is 2.11. The second-order valence-electron chi connectivity index (χ2n) is 4.68. The highest BCUT2D eigenvalue weighted by atomic mass is 15.2. The van der Waals surface area contributed by atoms with Gasteiger partial charge < -0.3 is 10.2 Å². The van der Waals surface area contributed by atoms with Gasteiger partial charge in [0.05, 0.1) is 0 Å². The number of aromatic nitrogens is 2. The smallest absolute Gasteiger partial charge is 0.225 e. The van der Waals surface area contributed by atoms with E-state index in [4.69, 9.17) is 0 Å². The Labute approximate surface area is 103 Å². The van der Waals surface area contributed by atoms with Crippen LogP contribution in [0, 0.1) is 0 Å². The normalized spacial score (nSPS) is 17.6. The van der Waals surface area contributed by atoms with Gasteiger partial charge in [-0.3, -0.25) is 0 Å². The molecule has 94 valence electrons. The first-order chi connectivity index (χ1) is 8.40. The molecule has 1 N–H and O–H groups in total. The Bertz CT molecular complexity index is 315. The number of hydrogen-bond acceptors (Lipinski definition) is 4. The fourth-order valence-electron chi connectivity index (χ4n) is 2.25. The van der Waals surface area contributed by atoms with Gasteiger partial charge in [0.25, 0.3) is 0 Å². The van der Waals surface area contributed by atoms with E-state index in [0.717, 1.165) is 31.1 Å². The lowest BCUT2D eigenvalue weighted by atomic mass is 10.1. The van der Waals surface area contributed by atoms with Crippen molar-refractivity contribution in [2.45, 2.75) is 38.6 Å². The summed E-state index contributed by atoms with van der Waals surface area (Å²) in [7, 11) is 1.94. The second-order valence-corrected chi connectivity index (χ2v) is 4.68. The van der Waals surface area contributed by atoms with Crippen LogP contribution in [-0.4, -0.2) is 30.1 Å². The number of nitrogens with zero attached hydrogens (tertiary/aromatic N) is 3. The van der Waals surface area contributed by atoms with E-state index in [-0.39, 0.29) is 0 Å². The topological polar surface area (TPSA) is 41.1 Å². The van der Waals surface area contributed by atoms with E-state index < -0.39 is 0 Å². The molecule has 0 bridgehead atoms. The maximum atomic E-state index is 4.47. The molecule has 0 amide bonds. The fraction of sp³-hybridized carbons (Fsp3) is 0.692. The zero-order chi connectivity index (χ0) is 11.9. The molecule has 0 saturated carbocycles. The predicted molar refractivity (Wildman–Crippen MR) is 70.1 cm³/mol. The summed E-state index contributed by atoms with van der Waals surface area (Å²) in [6.07, 6.45) is 10.5. The van der Waals surface area contributed by atoms with Gasteiger partial charge in [0.2, 0.25) is 5.95 Å². The van der Waals surface area contributed by atoms with Crippen LogP contribution in [0.25, 0.3) is 0 Å². The summed E-state index contributed by atoms with van der Waals surface area (Å²) in [5.41, 5.74) is 1.14. The molecule has 2 heterocycles. The fourth-order valence-corrected chi connectivity index (χ4v) is 2.25. The molecule has 17 heavy (non-hydrogen) atoms. The molecule has 4 heteroatoms. The van der Waals surface area contributed by atoms with E-state index >= 15 is 0 Å². The van der Waals surface area contributed by atoms with Crippen LogP contribution in [0.15, 0.2) is 12.4 Å². The molecule has 1 saturated heterocycles. The van der Waals surface area contributed by atoms with Crippen molar-refractivity contribution in [3.63, 3.8) is 0 Å². The molecule has 1 aromatic heterocycles. The van der Waals surface area contributed by atoms with Gasteiger partial charge in [-0.15, -0.1) is 0 Å². The Kier molecular flexibility index (Phi) is 4.74. The maximum absolute atomic E-state index is 4.47. The average Bonchev–Trinajstić information content (AvgIpc) is 2.30. The first kappa shape index (κ1) is 12.3. The molecule has 0 radical (unpaired) electrons. The highest BCUT2D eigenvalue weighted by Crippen LogP contribution is 2.15. The first-order valence-corrected chi connectivity index (χ1v) is 6.60. The minimum atomic E-state index is 0.834. The van der Waals surface area contributed by atoms with Crippen LogP contribution in [0.1, 0.15) is 37.7 Å². The van der Waals surface area contributed by atoms with Crippen LogP contribution in [-0.2, 0) is 6.54 Å². The molecule has 1 fully saturated rings. The van der Waals surface area contributed by atoms with Crippen molar-refractivity contribution in [3.05, 3.63) is 18.0 Å². The minimum Gasteiger partial charge on any atom is -0.341 e. The Morgan fingerprint density at radius 3 is 2.24 bits per heavy atom. The lowest BCUT2D eigenvalue weighted by Crippen LogP contribution is -2.28. The lowest BCUT2D eigenvalue weighted by molar-refractivity contribution is 0.550. The minimum absolute atomic E-state index is 0.834. The Morgan fingerprint density at radius 1 is 1.06 bits per heavy atom. The van der Waals surface area contributed by atoms with Crippen LogP contribution in [0.2, 0.25) is 0 Å². The van der Waals surface area contributed by atoms with Gasteiger partial charge in [0.15, 0.2) is 0 Å². The number of rotatable bonds is 3. The zero-order valence-electron chi connectivity index (χ0n) is 10.7. The predicted octanol–water partition coefficient (Wildman–Crippen LogP) is 1.97. The van der Waals surface area contributed by atoms with Gasteiger partial charge in [-0.05, 0) is 19.9 Å². The third kappa shape index (κ3) is 3.66. The van der Waals surface area contributed by atoms with E-state index in [9.17, 15) is 0 Å². The van der Waals surface area contributed by atoms with Crippen molar-refractivity contribution < 1.29 is 0 Å². The molecule has 0 atom stereocenters. The summed E-state index contributed by atoms with van der Waals surface area (Å²) in [4.78, 5) is 11.3. The van der Waals surface area contributed by atoms with E-state index in [2.05, 4.69) is 20.2 Å². The summed E-state index contributed by atoms with van der Waals surface area (Å²) in [6.45, 7) is 3.04. The molecule has 0 spiro atoms. The van der Waals surface area contributed by atoms with Crippen molar-refractivity contribution >= 4 is 5.95 Å². The Balaban J connectivity index is 1.99.